The molecule has 0 radical (unpaired) electrons. The lowest BCUT2D eigenvalue weighted by atomic mass is 10.2. The maximum atomic E-state index is 14.0. The third-order valence-corrected chi connectivity index (χ3v) is 4.93. The average Bonchev–Trinajstić information content (AvgIpc) is 3.25. The number of para-hydroxylation sites is 2. The maximum absolute atomic E-state index is 14.0. The van der Waals surface area contributed by atoms with Crippen molar-refractivity contribution in [2.24, 2.45) is 4.99 Å². The molecule has 2 aromatic carbocycles. The quantitative estimate of drug-likeness (QED) is 0.498. The van der Waals surface area contributed by atoms with Crippen molar-refractivity contribution in [3.63, 3.8) is 0 Å². The zero-order valence-electron chi connectivity index (χ0n) is 14.2. The van der Waals surface area contributed by atoms with Crippen molar-refractivity contribution in [3.8, 4) is 11.5 Å². The van der Waals surface area contributed by atoms with Gasteiger partial charge in [-0.15, -0.1) is 11.3 Å². The SMILES string of the molecule is COCCn1c(-c2cc3ccccc3o2)csc1=Nc1ccccc1F. The molecule has 0 amide bonds. The number of hydrogen-bond donors (Lipinski definition) is 0. The smallest absolute Gasteiger partial charge is 0.190 e. The Kier molecular flexibility index (Phi) is 4.69. The van der Waals surface area contributed by atoms with E-state index < -0.39 is 0 Å². The van der Waals surface area contributed by atoms with Gasteiger partial charge >= 0.3 is 0 Å². The van der Waals surface area contributed by atoms with E-state index in [4.69, 9.17) is 9.15 Å². The van der Waals surface area contributed by atoms with Crippen LogP contribution in [0.15, 0.2) is 69.4 Å². The number of nitrogens with zero attached hydrogens (tertiary/aromatic N) is 2. The first-order valence-corrected chi connectivity index (χ1v) is 9.10. The van der Waals surface area contributed by atoms with Gasteiger partial charge in [0.25, 0.3) is 0 Å². The van der Waals surface area contributed by atoms with E-state index in [1.165, 1.54) is 17.4 Å². The first-order valence-electron chi connectivity index (χ1n) is 8.22. The van der Waals surface area contributed by atoms with Crippen LogP contribution >= 0.6 is 11.3 Å². The molecule has 0 N–H and O–H groups in total. The average molecular weight is 368 g/mol. The number of fused-ring (bicyclic) bond motifs is 1. The monoisotopic (exact) mass is 368 g/mol. The molecule has 2 heterocycles. The summed E-state index contributed by atoms with van der Waals surface area (Å²) < 4.78 is 27.2. The Morgan fingerprint density at radius 3 is 2.77 bits per heavy atom. The lowest BCUT2D eigenvalue weighted by molar-refractivity contribution is 0.187. The minimum atomic E-state index is -0.343. The molecule has 0 fully saturated rings. The lowest BCUT2D eigenvalue weighted by Crippen LogP contribution is -2.18. The summed E-state index contributed by atoms with van der Waals surface area (Å²) in [6.07, 6.45) is 0. The van der Waals surface area contributed by atoms with E-state index >= 15 is 0 Å². The highest BCUT2D eigenvalue weighted by molar-refractivity contribution is 7.07. The van der Waals surface area contributed by atoms with Crippen LogP contribution in [0.1, 0.15) is 0 Å². The van der Waals surface area contributed by atoms with Crippen LogP contribution in [0, 0.1) is 5.82 Å². The predicted molar refractivity (Wildman–Crippen MR) is 101 cm³/mol. The summed E-state index contributed by atoms with van der Waals surface area (Å²) in [7, 11) is 1.65. The summed E-state index contributed by atoms with van der Waals surface area (Å²) >= 11 is 1.45. The molecule has 6 heteroatoms. The van der Waals surface area contributed by atoms with E-state index in [-0.39, 0.29) is 5.82 Å². The second kappa shape index (κ2) is 7.27. The molecule has 132 valence electrons. The van der Waals surface area contributed by atoms with Crippen molar-refractivity contribution >= 4 is 28.0 Å². The molecule has 4 aromatic rings. The Morgan fingerprint density at radius 2 is 1.96 bits per heavy atom. The molecule has 0 bridgehead atoms. The number of benzene rings is 2. The fourth-order valence-corrected chi connectivity index (χ4v) is 3.70. The number of halogens is 1. The zero-order chi connectivity index (χ0) is 17.9. The van der Waals surface area contributed by atoms with Crippen LogP contribution in [0.5, 0.6) is 0 Å². The van der Waals surface area contributed by atoms with Gasteiger partial charge in [-0.25, -0.2) is 9.38 Å². The van der Waals surface area contributed by atoms with Crippen molar-refractivity contribution in [2.75, 3.05) is 13.7 Å². The topological polar surface area (TPSA) is 39.7 Å². The summed E-state index contributed by atoms with van der Waals surface area (Å²) in [5.41, 5.74) is 2.05. The highest BCUT2D eigenvalue weighted by atomic mass is 32.1. The van der Waals surface area contributed by atoms with Gasteiger partial charge in [-0.1, -0.05) is 30.3 Å². The predicted octanol–water partition coefficient (Wildman–Crippen LogP) is 4.98. The Morgan fingerprint density at radius 1 is 1.15 bits per heavy atom. The van der Waals surface area contributed by atoms with E-state index in [9.17, 15) is 4.39 Å². The van der Waals surface area contributed by atoms with Crippen LogP contribution in [0.4, 0.5) is 10.1 Å². The Balaban J connectivity index is 1.85. The molecule has 4 rings (SSSR count). The number of ether oxygens (including phenoxy) is 1. The number of aromatic nitrogens is 1. The molecule has 0 aliphatic heterocycles. The highest BCUT2D eigenvalue weighted by Crippen LogP contribution is 2.28. The Hall–Kier alpha value is -2.70. The molecule has 0 aliphatic carbocycles. The van der Waals surface area contributed by atoms with Crippen molar-refractivity contribution in [1.82, 2.24) is 4.57 Å². The molecule has 26 heavy (non-hydrogen) atoms. The molecule has 0 saturated carbocycles. The van der Waals surface area contributed by atoms with Crippen LogP contribution in [0.2, 0.25) is 0 Å². The molecular formula is C20H17FN2O2S. The van der Waals surface area contributed by atoms with Crippen molar-refractivity contribution in [3.05, 3.63) is 70.6 Å². The Bertz CT molecular complexity index is 1080. The van der Waals surface area contributed by atoms with Gasteiger partial charge in [0.1, 0.15) is 17.1 Å². The summed E-state index contributed by atoms with van der Waals surface area (Å²) in [5, 5.41) is 3.02. The maximum Gasteiger partial charge on any atom is 0.190 e. The van der Waals surface area contributed by atoms with E-state index in [0.717, 1.165) is 22.4 Å². The van der Waals surface area contributed by atoms with Gasteiger partial charge < -0.3 is 13.7 Å². The van der Waals surface area contributed by atoms with Crippen LogP contribution in [-0.2, 0) is 11.3 Å². The van der Waals surface area contributed by atoms with Gasteiger partial charge in [0.05, 0.1) is 12.3 Å². The lowest BCUT2D eigenvalue weighted by Gasteiger charge is -2.06. The molecule has 2 aromatic heterocycles. The van der Waals surface area contributed by atoms with Crippen LogP contribution in [0.3, 0.4) is 0 Å². The van der Waals surface area contributed by atoms with Crippen molar-refractivity contribution < 1.29 is 13.5 Å². The van der Waals surface area contributed by atoms with Gasteiger partial charge in [-0.2, -0.15) is 0 Å². The molecule has 4 nitrogen and oxygen atoms in total. The minimum absolute atomic E-state index is 0.316. The van der Waals surface area contributed by atoms with Gasteiger partial charge in [0.15, 0.2) is 10.6 Å². The number of thiazole rings is 1. The molecule has 0 spiro atoms. The first kappa shape index (κ1) is 16.8. The van der Waals surface area contributed by atoms with E-state index in [1.807, 2.05) is 40.3 Å². The zero-order valence-corrected chi connectivity index (χ0v) is 15.0. The van der Waals surface area contributed by atoms with Gasteiger partial charge in [0, 0.05) is 24.4 Å². The number of hydrogen-bond acceptors (Lipinski definition) is 4. The highest BCUT2D eigenvalue weighted by Gasteiger charge is 2.13. The van der Waals surface area contributed by atoms with Crippen molar-refractivity contribution in [2.45, 2.75) is 6.54 Å². The molecule has 0 aliphatic rings. The van der Waals surface area contributed by atoms with Crippen LogP contribution < -0.4 is 4.80 Å². The number of rotatable bonds is 5. The van der Waals surface area contributed by atoms with E-state index in [0.29, 0.717) is 23.6 Å². The fourth-order valence-electron chi connectivity index (χ4n) is 2.77. The van der Waals surface area contributed by atoms with E-state index in [2.05, 4.69) is 4.99 Å². The third kappa shape index (κ3) is 3.21. The summed E-state index contributed by atoms with van der Waals surface area (Å²) in [6, 6.07) is 16.4. The van der Waals surface area contributed by atoms with Crippen LogP contribution in [0.25, 0.3) is 22.4 Å². The van der Waals surface area contributed by atoms with Gasteiger partial charge in [-0.3, -0.25) is 0 Å². The largest absolute Gasteiger partial charge is 0.454 e. The minimum Gasteiger partial charge on any atom is -0.454 e. The fraction of sp³-hybridized carbons (Fsp3) is 0.150. The standard InChI is InChI=1S/C20H17FN2O2S/c1-24-11-10-23-17(19-12-14-6-2-5-9-18(14)25-19)13-26-20(23)22-16-8-4-3-7-15(16)21/h2-9,12-13H,10-11H2,1H3. The third-order valence-electron chi connectivity index (χ3n) is 4.06. The summed E-state index contributed by atoms with van der Waals surface area (Å²) in [6.45, 7) is 1.12. The number of methoxy groups -OCH3 is 1. The summed E-state index contributed by atoms with van der Waals surface area (Å²) in [5.74, 6) is 0.415. The van der Waals surface area contributed by atoms with Gasteiger partial charge in [0.2, 0.25) is 0 Å². The summed E-state index contributed by atoms with van der Waals surface area (Å²) in [4.78, 5) is 5.20. The molecular weight excluding hydrogens is 351 g/mol. The van der Waals surface area contributed by atoms with Gasteiger partial charge in [-0.05, 0) is 24.3 Å². The van der Waals surface area contributed by atoms with Crippen LogP contribution in [-0.4, -0.2) is 18.3 Å². The first-order chi connectivity index (χ1) is 12.8. The van der Waals surface area contributed by atoms with E-state index in [1.54, 1.807) is 25.3 Å². The number of furan rings is 1. The molecule has 0 unspecified atom stereocenters. The molecule has 0 atom stereocenters. The second-order valence-electron chi connectivity index (χ2n) is 5.76. The molecule has 0 saturated heterocycles. The Labute approximate surface area is 153 Å². The normalized spacial score (nSPS) is 12.2. The second-order valence-corrected chi connectivity index (χ2v) is 6.60. The van der Waals surface area contributed by atoms with Crippen molar-refractivity contribution in [1.29, 1.82) is 0 Å².